The Bertz CT molecular complexity index is 478. The van der Waals surface area contributed by atoms with Gasteiger partial charge in [0.2, 0.25) is 0 Å². The van der Waals surface area contributed by atoms with E-state index in [-0.39, 0.29) is 18.0 Å². The third kappa shape index (κ3) is 3.95. The minimum atomic E-state index is -0.125. The standard InChI is InChI=1S/C17H27FN2O/c1-5-6-19-14(4)15-10-16(18)12(2)9-17(15)20-7-8-21-13(3)11-20/h9-10,13-14,19H,5-8,11H2,1-4H3. The second-order valence-corrected chi connectivity index (χ2v) is 5.96. The van der Waals surface area contributed by atoms with Crippen LogP contribution in [0, 0.1) is 12.7 Å². The molecule has 2 atom stereocenters. The molecule has 0 amide bonds. The Kier molecular flexibility index (Phi) is 5.59. The van der Waals surface area contributed by atoms with E-state index >= 15 is 0 Å². The smallest absolute Gasteiger partial charge is 0.126 e. The van der Waals surface area contributed by atoms with Gasteiger partial charge in [-0.3, -0.25) is 0 Å². The maximum Gasteiger partial charge on any atom is 0.126 e. The van der Waals surface area contributed by atoms with Crippen LogP contribution >= 0.6 is 0 Å². The van der Waals surface area contributed by atoms with Gasteiger partial charge in [-0.25, -0.2) is 4.39 Å². The van der Waals surface area contributed by atoms with Gasteiger partial charge in [0, 0.05) is 24.8 Å². The van der Waals surface area contributed by atoms with Crippen LogP contribution in [-0.4, -0.2) is 32.3 Å². The van der Waals surface area contributed by atoms with Crippen LogP contribution in [0.5, 0.6) is 0 Å². The van der Waals surface area contributed by atoms with Crippen molar-refractivity contribution < 1.29 is 9.13 Å². The maximum atomic E-state index is 14.0. The molecule has 0 aliphatic carbocycles. The van der Waals surface area contributed by atoms with Crippen LogP contribution < -0.4 is 10.2 Å². The number of nitrogens with one attached hydrogen (secondary N) is 1. The fourth-order valence-electron chi connectivity index (χ4n) is 2.81. The average Bonchev–Trinajstić information content (AvgIpc) is 2.47. The van der Waals surface area contributed by atoms with E-state index in [1.807, 2.05) is 13.0 Å². The first-order valence-electron chi connectivity index (χ1n) is 7.93. The zero-order valence-electron chi connectivity index (χ0n) is 13.6. The van der Waals surface area contributed by atoms with Gasteiger partial charge in [-0.2, -0.15) is 0 Å². The van der Waals surface area contributed by atoms with Crippen molar-refractivity contribution in [3.8, 4) is 0 Å². The molecule has 0 radical (unpaired) electrons. The van der Waals surface area contributed by atoms with Gasteiger partial charge < -0.3 is 15.0 Å². The van der Waals surface area contributed by atoms with Crippen LogP contribution in [0.1, 0.15) is 44.4 Å². The molecule has 0 aromatic heterocycles. The summed E-state index contributed by atoms with van der Waals surface area (Å²) >= 11 is 0. The number of hydrogen-bond donors (Lipinski definition) is 1. The number of nitrogens with zero attached hydrogens (tertiary/aromatic N) is 1. The molecule has 1 fully saturated rings. The number of morpholine rings is 1. The Balaban J connectivity index is 2.31. The molecular formula is C17H27FN2O. The van der Waals surface area contributed by atoms with Gasteiger partial charge >= 0.3 is 0 Å². The molecular weight excluding hydrogens is 267 g/mol. The fourth-order valence-corrected chi connectivity index (χ4v) is 2.81. The van der Waals surface area contributed by atoms with Crippen LogP contribution in [0.25, 0.3) is 0 Å². The SMILES string of the molecule is CCCNC(C)c1cc(F)c(C)cc1N1CCOC(C)C1. The van der Waals surface area contributed by atoms with Crippen molar-refractivity contribution in [1.29, 1.82) is 0 Å². The number of ether oxygens (including phenoxy) is 1. The fraction of sp³-hybridized carbons (Fsp3) is 0.647. The summed E-state index contributed by atoms with van der Waals surface area (Å²) in [6.07, 6.45) is 1.29. The van der Waals surface area contributed by atoms with E-state index in [1.54, 1.807) is 6.07 Å². The van der Waals surface area contributed by atoms with Gasteiger partial charge in [0.25, 0.3) is 0 Å². The highest BCUT2D eigenvalue weighted by molar-refractivity contribution is 5.57. The summed E-state index contributed by atoms with van der Waals surface area (Å²) in [4.78, 5) is 2.32. The van der Waals surface area contributed by atoms with E-state index in [0.29, 0.717) is 5.56 Å². The lowest BCUT2D eigenvalue weighted by Gasteiger charge is -2.35. The summed E-state index contributed by atoms with van der Waals surface area (Å²) in [6, 6.07) is 3.82. The zero-order valence-corrected chi connectivity index (χ0v) is 13.6. The summed E-state index contributed by atoms with van der Waals surface area (Å²) in [6.45, 7) is 11.6. The minimum Gasteiger partial charge on any atom is -0.375 e. The van der Waals surface area contributed by atoms with E-state index in [0.717, 1.165) is 43.9 Å². The predicted molar refractivity (Wildman–Crippen MR) is 85.5 cm³/mol. The molecule has 118 valence electrons. The molecule has 1 aromatic rings. The first kappa shape index (κ1) is 16.2. The number of halogens is 1. The highest BCUT2D eigenvalue weighted by Crippen LogP contribution is 2.30. The van der Waals surface area contributed by atoms with Crippen molar-refractivity contribution in [1.82, 2.24) is 5.32 Å². The number of rotatable bonds is 5. The van der Waals surface area contributed by atoms with Crippen molar-refractivity contribution in [2.24, 2.45) is 0 Å². The normalized spacial score (nSPS) is 20.6. The van der Waals surface area contributed by atoms with Crippen LogP contribution in [0.15, 0.2) is 12.1 Å². The molecule has 1 aromatic carbocycles. The molecule has 1 heterocycles. The average molecular weight is 294 g/mol. The van der Waals surface area contributed by atoms with Gasteiger partial charge in [-0.05, 0) is 57.0 Å². The van der Waals surface area contributed by atoms with E-state index in [1.165, 1.54) is 0 Å². The first-order valence-corrected chi connectivity index (χ1v) is 7.93. The highest BCUT2D eigenvalue weighted by atomic mass is 19.1. The van der Waals surface area contributed by atoms with Gasteiger partial charge in [0.1, 0.15) is 5.82 Å². The van der Waals surface area contributed by atoms with Crippen molar-refractivity contribution in [2.75, 3.05) is 31.1 Å². The summed E-state index contributed by atoms with van der Waals surface area (Å²) in [5, 5.41) is 3.46. The van der Waals surface area contributed by atoms with E-state index in [4.69, 9.17) is 4.74 Å². The molecule has 1 N–H and O–H groups in total. The van der Waals surface area contributed by atoms with E-state index in [2.05, 4.69) is 31.0 Å². The van der Waals surface area contributed by atoms with Crippen molar-refractivity contribution in [3.63, 3.8) is 0 Å². The molecule has 3 nitrogen and oxygen atoms in total. The Morgan fingerprint density at radius 1 is 1.48 bits per heavy atom. The van der Waals surface area contributed by atoms with Gasteiger partial charge in [-0.15, -0.1) is 0 Å². The second kappa shape index (κ2) is 7.23. The molecule has 1 saturated heterocycles. The van der Waals surface area contributed by atoms with E-state index in [9.17, 15) is 4.39 Å². The molecule has 2 rings (SSSR count). The van der Waals surface area contributed by atoms with Crippen LogP contribution in [0.4, 0.5) is 10.1 Å². The molecule has 1 aliphatic rings. The zero-order chi connectivity index (χ0) is 15.4. The van der Waals surface area contributed by atoms with Crippen LogP contribution in [0.3, 0.4) is 0 Å². The lowest BCUT2D eigenvalue weighted by Crippen LogP contribution is -2.42. The molecule has 0 saturated carbocycles. The summed E-state index contributed by atoms with van der Waals surface area (Å²) in [5.41, 5.74) is 2.89. The number of aryl methyl sites for hydroxylation is 1. The lowest BCUT2D eigenvalue weighted by molar-refractivity contribution is 0.0531. The topological polar surface area (TPSA) is 24.5 Å². The number of hydrogen-bond acceptors (Lipinski definition) is 3. The van der Waals surface area contributed by atoms with Gasteiger partial charge in [0.05, 0.1) is 12.7 Å². The van der Waals surface area contributed by atoms with Crippen LogP contribution in [-0.2, 0) is 4.74 Å². The summed E-state index contributed by atoms with van der Waals surface area (Å²) in [7, 11) is 0. The maximum absolute atomic E-state index is 14.0. The molecule has 0 bridgehead atoms. The molecule has 21 heavy (non-hydrogen) atoms. The first-order chi connectivity index (χ1) is 10.0. The van der Waals surface area contributed by atoms with Crippen LogP contribution in [0.2, 0.25) is 0 Å². The summed E-state index contributed by atoms with van der Waals surface area (Å²) < 4.78 is 19.6. The Hall–Kier alpha value is -1.13. The highest BCUT2D eigenvalue weighted by Gasteiger charge is 2.22. The van der Waals surface area contributed by atoms with Crippen molar-refractivity contribution in [3.05, 3.63) is 29.1 Å². The molecule has 4 heteroatoms. The summed E-state index contributed by atoms with van der Waals surface area (Å²) in [5.74, 6) is -0.125. The monoisotopic (exact) mass is 294 g/mol. The minimum absolute atomic E-state index is 0.125. The Morgan fingerprint density at radius 3 is 2.90 bits per heavy atom. The third-order valence-corrected chi connectivity index (χ3v) is 4.06. The second-order valence-electron chi connectivity index (χ2n) is 5.96. The quantitative estimate of drug-likeness (QED) is 0.900. The number of benzene rings is 1. The molecule has 0 spiro atoms. The number of anilines is 1. The Morgan fingerprint density at radius 2 is 2.24 bits per heavy atom. The van der Waals surface area contributed by atoms with Crippen molar-refractivity contribution in [2.45, 2.75) is 46.3 Å². The van der Waals surface area contributed by atoms with E-state index < -0.39 is 0 Å². The van der Waals surface area contributed by atoms with Gasteiger partial charge in [0.15, 0.2) is 0 Å². The van der Waals surface area contributed by atoms with Gasteiger partial charge in [-0.1, -0.05) is 6.92 Å². The molecule has 2 unspecified atom stereocenters. The van der Waals surface area contributed by atoms with Crippen molar-refractivity contribution >= 4 is 5.69 Å². The Labute approximate surface area is 127 Å². The largest absolute Gasteiger partial charge is 0.375 e. The third-order valence-electron chi connectivity index (χ3n) is 4.06. The lowest BCUT2D eigenvalue weighted by atomic mass is 10.0. The predicted octanol–water partition coefficient (Wildman–Crippen LogP) is 3.42. The molecule has 1 aliphatic heterocycles.